The lowest BCUT2D eigenvalue weighted by Crippen LogP contribution is -2.53. The van der Waals surface area contributed by atoms with E-state index in [0.29, 0.717) is 11.1 Å². The SMILES string of the molecule is Cc1cc(C)cc(C(=O)N(NC(=O)Cn2cc(C)c(=O)[nH]c2=O)C2CCCCC2)c1. The van der Waals surface area contributed by atoms with Crippen molar-refractivity contribution >= 4 is 11.8 Å². The van der Waals surface area contributed by atoms with Crippen LogP contribution >= 0.6 is 0 Å². The summed E-state index contributed by atoms with van der Waals surface area (Å²) >= 11 is 0. The number of nitrogens with zero attached hydrogens (tertiary/aromatic N) is 2. The van der Waals surface area contributed by atoms with Crippen LogP contribution in [0.15, 0.2) is 34.0 Å². The standard InChI is InChI=1S/C22H28N4O4/c1-14-9-15(2)11-17(10-14)21(29)26(18-7-5-4-6-8-18)24-19(27)13-25-12-16(3)20(28)23-22(25)30/h9-12,18H,4-8,13H2,1-3H3,(H,24,27)(H,23,28,30). The van der Waals surface area contributed by atoms with E-state index in [-0.39, 0.29) is 18.5 Å². The highest BCUT2D eigenvalue weighted by Crippen LogP contribution is 2.23. The van der Waals surface area contributed by atoms with Crippen LogP contribution in [-0.4, -0.2) is 32.4 Å². The van der Waals surface area contributed by atoms with Crippen molar-refractivity contribution < 1.29 is 9.59 Å². The lowest BCUT2D eigenvalue weighted by atomic mass is 9.94. The number of nitrogens with one attached hydrogen (secondary N) is 2. The first kappa shape index (κ1) is 21.5. The summed E-state index contributed by atoms with van der Waals surface area (Å²) in [5.74, 6) is -0.751. The molecule has 2 N–H and O–H groups in total. The molecule has 0 unspecified atom stereocenters. The van der Waals surface area contributed by atoms with Gasteiger partial charge in [0.2, 0.25) is 0 Å². The summed E-state index contributed by atoms with van der Waals surface area (Å²) in [5, 5.41) is 1.43. The zero-order chi connectivity index (χ0) is 21.8. The maximum Gasteiger partial charge on any atom is 0.328 e. The number of rotatable bonds is 4. The highest BCUT2D eigenvalue weighted by Gasteiger charge is 2.28. The second kappa shape index (κ2) is 9.11. The first-order valence-electron chi connectivity index (χ1n) is 10.3. The normalized spacial score (nSPS) is 14.4. The monoisotopic (exact) mass is 412 g/mol. The van der Waals surface area contributed by atoms with Crippen LogP contribution in [0.25, 0.3) is 0 Å². The molecule has 3 rings (SSSR count). The summed E-state index contributed by atoms with van der Waals surface area (Å²) in [6.07, 6.45) is 6.08. The summed E-state index contributed by atoms with van der Waals surface area (Å²) in [7, 11) is 0. The summed E-state index contributed by atoms with van der Waals surface area (Å²) in [4.78, 5) is 51.7. The first-order chi connectivity index (χ1) is 14.2. The smallest absolute Gasteiger partial charge is 0.291 e. The van der Waals surface area contributed by atoms with Gasteiger partial charge in [0.1, 0.15) is 6.54 Å². The van der Waals surface area contributed by atoms with E-state index in [1.807, 2.05) is 32.0 Å². The van der Waals surface area contributed by atoms with Crippen molar-refractivity contribution in [2.24, 2.45) is 0 Å². The number of carbonyl (C=O) groups excluding carboxylic acids is 2. The number of benzene rings is 1. The maximum absolute atomic E-state index is 13.3. The molecule has 1 aliphatic rings. The first-order valence-corrected chi connectivity index (χ1v) is 10.3. The molecule has 30 heavy (non-hydrogen) atoms. The summed E-state index contributed by atoms with van der Waals surface area (Å²) < 4.78 is 1.13. The van der Waals surface area contributed by atoms with Crippen molar-refractivity contribution in [1.29, 1.82) is 0 Å². The molecule has 1 aromatic carbocycles. The Morgan fingerprint density at radius 3 is 2.33 bits per heavy atom. The predicted octanol–water partition coefficient (Wildman–Crippen LogP) is 1.97. The van der Waals surface area contributed by atoms with E-state index in [2.05, 4.69) is 10.4 Å². The summed E-state index contributed by atoms with van der Waals surface area (Å²) in [5.41, 5.74) is 4.39. The molecule has 1 fully saturated rings. The number of carbonyl (C=O) groups is 2. The third-order valence-corrected chi connectivity index (χ3v) is 5.38. The fraction of sp³-hybridized carbons (Fsp3) is 0.455. The number of amides is 2. The largest absolute Gasteiger partial charge is 0.328 e. The van der Waals surface area contributed by atoms with E-state index in [4.69, 9.17) is 0 Å². The van der Waals surface area contributed by atoms with Crippen molar-refractivity contribution in [1.82, 2.24) is 20.0 Å². The molecule has 0 bridgehead atoms. The van der Waals surface area contributed by atoms with Crippen molar-refractivity contribution in [3.63, 3.8) is 0 Å². The number of aromatic amines is 1. The average Bonchev–Trinajstić information content (AvgIpc) is 2.69. The predicted molar refractivity (Wildman–Crippen MR) is 113 cm³/mol. The number of H-pyrrole nitrogens is 1. The van der Waals surface area contributed by atoms with E-state index < -0.39 is 17.2 Å². The van der Waals surface area contributed by atoms with Gasteiger partial charge in [0.05, 0.1) is 6.04 Å². The Morgan fingerprint density at radius 2 is 1.70 bits per heavy atom. The van der Waals surface area contributed by atoms with Crippen molar-refractivity contribution in [2.45, 2.75) is 65.5 Å². The zero-order valence-electron chi connectivity index (χ0n) is 17.7. The van der Waals surface area contributed by atoms with E-state index in [1.165, 1.54) is 11.2 Å². The van der Waals surface area contributed by atoms with Gasteiger partial charge in [0.25, 0.3) is 17.4 Å². The molecule has 0 spiro atoms. The molecule has 2 amide bonds. The van der Waals surface area contributed by atoms with Gasteiger partial charge in [-0.05, 0) is 45.7 Å². The van der Waals surface area contributed by atoms with Gasteiger partial charge in [-0.3, -0.25) is 29.4 Å². The molecule has 160 valence electrons. The second-order valence-electron chi connectivity index (χ2n) is 8.08. The Kier molecular flexibility index (Phi) is 6.54. The Bertz CT molecular complexity index is 1040. The molecule has 0 saturated heterocycles. The van der Waals surface area contributed by atoms with E-state index >= 15 is 0 Å². The molecule has 8 nitrogen and oxygen atoms in total. The molecular weight excluding hydrogens is 384 g/mol. The van der Waals surface area contributed by atoms with Crippen LogP contribution in [-0.2, 0) is 11.3 Å². The molecule has 1 heterocycles. The molecule has 1 aliphatic carbocycles. The summed E-state index contributed by atoms with van der Waals surface area (Å²) in [6.45, 7) is 5.13. The van der Waals surface area contributed by atoms with E-state index in [0.717, 1.165) is 47.8 Å². The third kappa shape index (κ3) is 5.06. The number of hydrazine groups is 1. The van der Waals surface area contributed by atoms with Crippen molar-refractivity contribution in [3.05, 3.63) is 67.5 Å². The van der Waals surface area contributed by atoms with Gasteiger partial charge < -0.3 is 0 Å². The number of aromatic nitrogens is 2. The van der Waals surface area contributed by atoms with E-state index in [1.54, 1.807) is 6.92 Å². The van der Waals surface area contributed by atoms with Gasteiger partial charge in [-0.2, -0.15) is 0 Å². The Morgan fingerprint density at radius 1 is 1.07 bits per heavy atom. The van der Waals surface area contributed by atoms with Crippen LogP contribution in [0.2, 0.25) is 0 Å². The number of aryl methyl sites for hydroxylation is 3. The van der Waals surface area contributed by atoms with Crippen molar-refractivity contribution in [2.75, 3.05) is 0 Å². The van der Waals surface area contributed by atoms with Gasteiger partial charge in [0, 0.05) is 17.3 Å². The van der Waals surface area contributed by atoms with Gasteiger partial charge >= 0.3 is 5.69 Å². The molecule has 1 saturated carbocycles. The lowest BCUT2D eigenvalue weighted by molar-refractivity contribution is -0.126. The second-order valence-corrected chi connectivity index (χ2v) is 8.08. The molecular formula is C22H28N4O4. The molecule has 0 atom stereocenters. The Hall–Kier alpha value is -3.16. The maximum atomic E-state index is 13.3. The minimum absolute atomic E-state index is 0.0925. The van der Waals surface area contributed by atoms with Crippen LogP contribution in [0.1, 0.15) is 59.2 Å². The number of hydrogen-bond acceptors (Lipinski definition) is 4. The zero-order valence-corrected chi connectivity index (χ0v) is 17.7. The highest BCUT2D eigenvalue weighted by molar-refractivity contribution is 5.96. The Labute approximate surface area is 174 Å². The van der Waals surface area contributed by atoms with Crippen LogP contribution in [0.5, 0.6) is 0 Å². The quantitative estimate of drug-likeness (QED) is 0.749. The average molecular weight is 412 g/mol. The topological polar surface area (TPSA) is 104 Å². The minimum Gasteiger partial charge on any atom is -0.291 e. The summed E-state index contributed by atoms with van der Waals surface area (Å²) in [6, 6.07) is 5.52. The molecule has 0 radical (unpaired) electrons. The van der Waals surface area contributed by atoms with Gasteiger partial charge in [-0.25, -0.2) is 9.80 Å². The Balaban J connectivity index is 1.84. The molecule has 8 heteroatoms. The van der Waals surface area contributed by atoms with Crippen LogP contribution < -0.4 is 16.7 Å². The van der Waals surface area contributed by atoms with Crippen LogP contribution in [0.3, 0.4) is 0 Å². The number of hydrogen-bond donors (Lipinski definition) is 2. The molecule has 0 aliphatic heterocycles. The minimum atomic E-state index is -0.661. The van der Waals surface area contributed by atoms with Crippen LogP contribution in [0.4, 0.5) is 0 Å². The fourth-order valence-electron chi connectivity index (χ4n) is 3.94. The lowest BCUT2D eigenvalue weighted by Gasteiger charge is -2.34. The van der Waals surface area contributed by atoms with Crippen molar-refractivity contribution in [3.8, 4) is 0 Å². The van der Waals surface area contributed by atoms with E-state index in [9.17, 15) is 19.2 Å². The molecule has 1 aromatic heterocycles. The highest BCUT2D eigenvalue weighted by atomic mass is 16.2. The van der Waals surface area contributed by atoms with Gasteiger partial charge in [-0.15, -0.1) is 0 Å². The van der Waals surface area contributed by atoms with Crippen LogP contribution in [0, 0.1) is 20.8 Å². The van der Waals surface area contributed by atoms with Gasteiger partial charge in [-0.1, -0.05) is 36.5 Å². The third-order valence-electron chi connectivity index (χ3n) is 5.38. The molecule has 2 aromatic rings. The fourth-order valence-corrected chi connectivity index (χ4v) is 3.94. The van der Waals surface area contributed by atoms with Gasteiger partial charge in [0.15, 0.2) is 0 Å².